The number of hydrogen-bond donors (Lipinski definition) is 1. The average molecular weight is 364 g/mol. The van der Waals surface area contributed by atoms with Crippen LogP contribution in [0.2, 0.25) is 0 Å². The Morgan fingerprint density at radius 2 is 1.70 bits per heavy atom. The highest BCUT2D eigenvalue weighted by molar-refractivity contribution is 5.94. The third-order valence-electron chi connectivity index (χ3n) is 6.24. The van der Waals surface area contributed by atoms with E-state index >= 15 is 0 Å². The maximum atomic E-state index is 12.8. The van der Waals surface area contributed by atoms with E-state index in [2.05, 4.69) is 35.2 Å². The van der Waals surface area contributed by atoms with Crippen molar-refractivity contribution in [3.8, 4) is 0 Å². The topological polar surface area (TPSA) is 43.8 Å². The molecule has 1 amide bonds. The van der Waals surface area contributed by atoms with Gasteiger partial charge in [0.05, 0.1) is 6.61 Å². The summed E-state index contributed by atoms with van der Waals surface area (Å²) < 4.78 is 0. The van der Waals surface area contributed by atoms with Crippen molar-refractivity contribution >= 4 is 5.91 Å². The lowest BCUT2D eigenvalue weighted by Gasteiger charge is -2.27. The summed E-state index contributed by atoms with van der Waals surface area (Å²) in [5.41, 5.74) is 1.97. The second-order valence-electron chi connectivity index (χ2n) is 8.09. The van der Waals surface area contributed by atoms with Gasteiger partial charge in [0.2, 0.25) is 0 Å². The van der Waals surface area contributed by atoms with Crippen LogP contribution in [0.1, 0.15) is 22.3 Å². The first-order chi connectivity index (χ1) is 13.2. The van der Waals surface area contributed by atoms with E-state index in [9.17, 15) is 9.90 Å². The summed E-state index contributed by atoms with van der Waals surface area (Å²) >= 11 is 0. The minimum absolute atomic E-state index is 0.0912. The van der Waals surface area contributed by atoms with Gasteiger partial charge in [0.1, 0.15) is 0 Å². The largest absolute Gasteiger partial charge is 0.396 e. The Balaban J connectivity index is 1.33. The van der Waals surface area contributed by atoms with Crippen molar-refractivity contribution in [2.45, 2.75) is 12.8 Å². The Morgan fingerprint density at radius 1 is 1.00 bits per heavy atom. The van der Waals surface area contributed by atoms with Crippen LogP contribution in [0.25, 0.3) is 0 Å². The van der Waals surface area contributed by atoms with Crippen LogP contribution in [0.5, 0.6) is 0 Å². The molecule has 0 aromatic heterocycles. The van der Waals surface area contributed by atoms with Crippen LogP contribution in [0, 0.1) is 11.3 Å². The molecule has 1 N–H and O–H groups in total. The number of carbonyl (C=O) groups excluding carboxylic acids is 1. The maximum absolute atomic E-state index is 12.8. The van der Waals surface area contributed by atoms with Crippen molar-refractivity contribution in [3.05, 3.63) is 71.8 Å². The Kier molecular flexibility index (Phi) is 5.28. The molecule has 2 saturated heterocycles. The van der Waals surface area contributed by atoms with Crippen molar-refractivity contribution < 1.29 is 9.90 Å². The summed E-state index contributed by atoms with van der Waals surface area (Å²) in [7, 11) is 0. The van der Waals surface area contributed by atoms with Crippen molar-refractivity contribution in [2.75, 3.05) is 39.3 Å². The van der Waals surface area contributed by atoms with Gasteiger partial charge in [-0.2, -0.15) is 0 Å². The second-order valence-corrected chi connectivity index (χ2v) is 8.09. The highest BCUT2D eigenvalue weighted by Gasteiger charge is 2.52. The van der Waals surface area contributed by atoms with Crippen LogP contribution in [-0.2, 0) is 6.42 Å². The van der Waals surface area contributed by atoms with Gasteiger partial charge >= 0.3 is 0 Å². The van der Waals surface area contributed by atoms with E-state index in [0.29, 0.717) is 12.5 Å². The van der Waals surface area contributed by atoms with E-state index in [-0.39, 0.29) is 17.9 Å². The maximum Gasteiger partial charge on any atom is 0.253 e. The molecule has 2 fully saturated rings. The van der Waals surface area contributed by atoms with Crippen LogP contribution in [0.15, 0.2) is 60.7 Å². The predicted molar refractivity (Wildman–Crippen MR) is 107 cm³/mol. The van der Waals surface area contributed by atoms with Crippen LogP contribution in [0.3, 0.4) is 0 Å². The zero-order valence-electron chi connectivity index (χ0n) is 15.8. The summed E-state index contributed by atoms with van der Waals surface area (Å²) in [6.07, 6.45) is 2.22. The monoisotopic (exact) mass is 364 g/mol. The van der Waals surface area contributed by atoms with Gasteiger partial charge in [-0.3, -0.25) is 4.79 Å². The first-order valence-electron chi connectivity index (χ1n) is 9.92. The molecule has 2 aromatic rings. The first kappa shape index (κ1) is 18.2. The summed E-state index contributed by atoms with van der Waals surface area (Å²) in [6, 6.07) is 20.1. The molecule has 27 heavy (non-hydrogen) atoms. The number of rotatable bonds is 6. The zero-order chi connectivity index (χ0) is 18.7. The molecule has 0 bridgehead atoms. The van der Waals surface area contributed by atoms with Crippen LogP contribution < -0.4 is 0 Å². The van der Waals surface area contributed by atoms with Crippen molar-refractivity contribution in [2.24, 2.45) is 11.3 Å². The SMILES string of the molecule is O=C(c1ccccc1)N1C[C@@H]2CN(CCCc3ccccc3)C[C@]2(CO)C1. The Labute approximate surface area is 161 Å². The highest BCUT2D eigenvalue weighted by Crippen LogP contribution is 2.42. The molecular formula is C23H28N2O2. The van der Waals surface area contributed by atoms with E-state index in [4.69, 9.17) is 0 Å². The minimum Gasteiger partial charge on any atom is -0.396 e. The van der Waals surface area contributed by atoms with Gasteiger partial charge < -0.3 is 14.9 Å². The molecule has 2 aliphatic heterocycles. The van der Waals surface area contributed by atoms with Gasteiger partial charge in [-0.15, -0.1) is 0 Å². The highest BCUT2D eigenvalue weighted by atomic mass is 16.3. The molecule has 4 nitrogen and oxygen atoms in total. The Bertz CT molecular complexity index is 764. The van der Waals surface area contributed by atoms with Gasteiger partial charge in [0, 0.05) is 37.2 Å². The number of hydrogen-bond acceptors (Lipinski definition) is 3. The lowest BCUT2D eigenvalue weighted by Crippen LogP contribution is -2.39. The molecule has 0 unspecified atom stereocenters. The van der Waals surface area contributed by atoms with Gasteiger partial charge in [0.15, 0.2) is 0 Å². The quantitative estimate of drug-likeness (QED) is 0.857. The molecule has 0 radical (unpaired) electrons. The van der Waals surface area contributed by atoms with Crippen LogP contribution in [-0.4, -0.2) is 60.1 Å². The van der Waals surface area contributed by atoms with Gasteiger partial charge in [-0.1, -0.05) is 48.5 Å². The summed E-state index contributed by atoms with van der Waals surface area (Å²) in [6.45, 7) is 4.50. The van der Waals surface area contributed by atoms with Gasteiger partial charge in [-0.05, 0) is 43.0 Å². The number of aryl methyl sites for hydroxylation is 1. The Hall–Kier alpha value is -2.17. The molecule has 142 valence electrons. The summed E-state index contributed by atoms with van der Waals surface area (Å²) in [5.74, 6) is 0.459. The normalized spacial score (nSPS) is 24.9. The van der Waals surface area contributed by atoms with E-state index in [0.717, 1.165) is 44.6 Å². The number of aliphatic hydroxyl groups excluding tert-OH is 1. The van der Waals surface area contributed by atoms with Crippen molar-refractivity contribution in [1.82, 2.24) is 9.80 Å². The molecular weight excluding hydrogens is 336 g/mol. The smallest absolute Gasteiger partial charge is 0.253 e. The second kappa shape index (κ2) is 7.83. The van der Waals surface area contributed by atoms with E-state index in [1.165, 1.54) is 5.56 Å². The van der Waals surface area contributed by atoms with Gasteiger partial charge in [0.25, 0.3) is 5.91 Å². The zero-order valence-corrected chi connectivity index (χ0v) is 15.8. The fourth-order valence-electron chi connectivity index (χ4n) is 4.75. The van der Waals surface area contributed by atoms with Crippen molar-refractivity contribution in [3.63, 3.8) is 0 Å². The molecule has 4 heteroatoms. The molecule has 2 atom stereocenters. The molecule has 2 aliphatic rings. The fraction of sp³-hybridized carbons (Fsp3) is 0.435. The van der Waals surface area contributed by atoms with Crippen LogP contribution >= 0.6 is 0 Å². The molecule has 0 spiro atoms. The number of fused-ring (bicyclic) bond motifs is 1. The summed E-state index contributed by atoms with van der Waals surface area (Å²) in [5, 5.41) is 10.2. The number of nitrogens with zero attached hydrogens (tertiary/aromatic N) is 2. The number of likely N-dealkylation sites (tertiary alicyclic amines) is 2. The van der Waals surface area contributed by atoms with E-state index in [1.807, 2.05) is 35.2 Å². The standard InChI is InChI=1S/C23H28N2O2/c26-18-23-16-24(13-7-10-19-8-3-1-4-9-19)14-21(23)15-25(17-23)22(27)20-11-5-2-6-12-20/h1-6,8-9,11-12,21,26H,7,10,13-18H2/t21-,23+/m0/s1. The number of carbonyl (C=O) groups is 1. The third kappa shape index (κ3) is 3.78. The van der Waals surface area contributed by atoms with E-state index < -0.39 is 0 Å². The third-order valence-corrected chi connectivity index (χ3v) is 6.24. The van der Waals surface area contributed by atoms with Crippen LogP contribution in [0.4, 0.5) is 0 Å². The molecule has 0 aliphatic carbocycles. The lowest BCUT2D eigenvalue weighted by molar-refractivity contribution is 0.0720. The van der Waals surface area contributed by atoms with E-state index in [1.54, 1.807) is 0 Å². The molecule has 0 saturated carbocycles. The number of aliphatic hydroxyl groups is 1. The molecule has 2 aromatic carbocycles. The molecule has 2 heterocycles. The average Bonchev–Trinajstić information content (AvgIpc) is 3.23. The molecule has 4 rings (SSSR count). The summed E-state index contributed by atoms with van der Waals surface area (Å²) in [4.78, 5) is 17.2. The van der Waals surface area contributed by atoms with Crippen molar-refractivity contribution in [1.29, 1.82) is 0 Å². The first-order valence-corrected chi connectivity index (χ1v) is 9.92. The minimum atomic E-state index is -0.156. The number of amides is 1. The number of benzene rings is 2. The lowest BCUT2D eigenvalue weighted by atomic mass is 9.82. The Morgan fingerprint density at radius 3 is 2.37 bits per heavy atom. The fourth-order valence-corrected chi connectivity index (χ4v) is 4.75. The van der Waals surface area contributed by atoms with Gasteiger partial charge in [-0.25, -0.2) is 0 Å². The predicted octanol–water partition coefficient (Wildman–Crippen LogP) is 2.69.